The van der Waals surface area contributed by atoms with E-state index >= 15 is 0 Å². The molecule has 24 heavy (non-hydrogen) atoms. The third-order valence-corrected chi connectivity index (χ3v) is 3.80. The van der Waals surface area contributed by atoms with Gasteiger partial charge in [0.25, 0.3) is 0 Å². The van der Waals surface area contributed by atoms with Gasteiger partial charge in [-0.15, -0.1) is 0 Å². The lowest BCUT2D eigenvalue weighted by atomic mass is 10.2. The molecule has 0 fully saturated rings. The molecule has 0 saturated carbocycles. The summed E-state index contributed by atoms with van der Waals surface area (Å²) < 4.78 is 16.4. The highest BCUT2D eigenvalue weighted by molar-refractivity contribution is 5.43. The number of unbranched alkanes of at least 4 members (excludes halogenated alkanes) is 1. The Bertz CT molecular complexity index is 611. The quantitative estimate of drug-likeness (QED) is 0.664. The molecule has 1 N–H and O–H groups in total. The van der Waals surface area contributed by atoms with Crippen LogP contribution in [0.25, 0.3) is 0 Å². The van der Waals surface area contributed by atoms with Crippen molar-refractivity contribution in [3.63, 3.8) is 0 Å². The molecular formula is C20H27NO3. The smallest absolute Gasteiger partial charge is 0.161 e. The summed E-state index contributed by atoms with van der Waals surface area (Å²) in [5.74, 6) is 2.47. The molecule has 0 aliphatic rings. The third kappa shape index (κ3) is 5.46. The van der Waals surface area contributed by atoms with Gasteiger partial charge in [-0.1, -0.05) is 31.5 Å². The van der Waals surface area contributed by atoms with Gasteiger partial charge in [-0.3, -0.25) is 0 Å². The highest BCUT2D eigenvalue weighted by Gasteiger charge is 2.06. The van der Waals surface area contributed by atoms with Crippen LogP contribution >= 0.6 is 0 Å². The van der Waals surface area contributed by atoms with Gasteiger partial charge in [0.1, 0.15) is 5.75 Å². The van der Waals surface area contributed by atoms with E-state index in [4.69, 9.17) is 14.2 Å². The Kier molecular flexibility index (Phi) is 7.43. The SMILES string of the molecule is CCCCOc1cc(CNCc2ccc(OC)cc2)ccc1OC. The summed E-state index contributed by atoms with van der Waals surface area (Å²) in [5.41, 5.74) is 2.40. The molecule has 0 aliphatic heterocycles. The summed E-state index contributed by atoms with van der Waals surface area (Å²) in [6.07, 6.45) is 2.16. The molecule has 4 nitrogen and oxygen atoms in total. The first-order chi connectivity index (χ1) is 11.8. The van der Waals surface area contributed by atoms with Crippen LogP contribution < -0.4 is 19.5 Å². The van der Waals surface area contributed by atoms with Crippen LogP contribution in [-0.2, 0) is 13.1 Å². The van der Waals surface area contributed by atoms with E-state index in [-0.39, 0.29) is 0 Å². The average Bonchev–Trinajstić information content (AvgIpc) is 2.63. The summed E-state index contributed by atoms with van der Waals surface area (Å²) in [6.45, 7) is 4.46. The molecule has 2 aromatic rings. The highest BCUT2D eigenvalue weighted by atomic mass is 16.5. The first-order valence-electron chi connectivity index (χ1n) is 8.40. The Balaban J connectivity index is 1.90. The molecular weight excluding hydrogens is 302 g/mol. The van der Waals surface area contributed by atoms with Crippen molar-refractivity contribution in [2.24, 2.45) is 0 Å². The van der Waals surface area contributed by atoms with E-state index in [1.54, 1.807) is 14.2 Å². The van der Waals surface area contributed by atoms with Crippen molar-refractivity contribution in [1.82, 2.24) is 5.32 Å². The number of benzene rings is 2. The van der Waals surface area contributed by atoms with Crippen LogP contribution in [0.5, 0.6) is 17.2 Å². The maximum atomic E-state index is 5.83. The minimum absolute atomic E-state index is 0.718. The molecule has 2 rings (SSSR count). The maximum absolute atomic E-state index is 5.83. The fourth-order valence-electron chi connectivity index (χ4n) is 2.36. The third-order valence-electron chi connectivity index (χ3n) is 3.80. The van der Waals surface area contributed by atoms with Gasteiger partial charge < -0.3 is 19.5 Å². The van der Waals surface area contributed by atoms with Crippen LogP contribution in [-0.4, -0.2) is 20.8 Å². The molecule has 0 atom stereocenters. The van der Waals surface area contributed by atoms with Gasteiger partial charge in [0.2, 0.25) is 0 Å². The van der Waals surface area contributed by atoms with Crippen LogP contribution in [0.1, 0.15) is 30.9 Å². The number of rotatable bonds is 10. The lowest BCUT2D eigenvalue weighted by Crippen LogP contribution is -2.12. The van der Waals surface area contributed by atoms with E-state index in [0.29, 0.717) is 0 Å². The zero-order chi connectivity index (χ0) is 17.2. The summed E-state index contributed by atoms with van der Waals surface area (Å²) >= 11 is 0. The molecule has 0 aromatic heterocycles. The van der Waals surface area contributed by atoms with Crippen LogP contribution in [0.4, 0.5) is 0 Å². The molecule has 4 heteroatoms. The predicted molar refractivity (Wildman–Crippen MR) is 96.9 cm³/mol. The molecule has 2 aromatic carbocycles. The number of hydrogen-bond donors (Lipinski definition) is 1. The summed E-state index contributed by atoms with van der Waals surface area (Å²) in [5, 5.41) is 3.45. The van der Waals surface area contributed by atoms with Gasteiger partial charge in [0, 0.05) is 13.1 Å². The Morgan fingerprint density at radius 2 is 1.54 bits per heavy atom. The van der Waals surface area contributed by atoms with E-state index in [1.165, 1.54) is 11.1 Å². The molecule has 0 aliphatic carbocycles. The van der Waals surface area contributed by atoms with Gasteiger partial charge >= 0.3 is 0 Å². The molecule has 0 amide bonds. The largest absolute Gasteiger partial charge is 0.497 e. The van der Waals surface area contributed by atoms with Crippen molar-refractivity contribution in [3.8, 4) is 17.2 Å². The van der Waals surface area contributed by atoms with Crippen molar-refractivity contribution < 1.29 is 14.2 Å². The second kappa shape index (κ2) is 9.83. The zero-order valence-corrected chi connectivity index (χ0v) is 14.8. The fourth-order valence-corrected chi connectivity index (χ4v) is 2.36. The van der Waals surface area contributed by atoms with Gasteiger partial charge in [-0.2, -0.15) is 0 Å². The van der Waals surface area contributed by atoms with E-state index in [1.807, 2.05) is 18.2 Å². The second-order valence-corrected chi connectivity index (χ2v) is 5.64. The lowest BCUT2D eigenvalue weighted by Gasteiger charge is -2.13. The summed E-state index contributed by atoms with van der Waals surface area (Å²) in [4.78, 5) is 0. The van der Waals surface area contributed by atoms with E-state index in [9.17, 15) is 0 Å². The van der Waals surface area contributed by atoms with Gasteiger partial charge in [0.05, 0.1) is 20.8 Å². The second-order valence-electron chi connectivity index (χ2n) is 5.64. The minimum Gasteiger partial charge on any atom is -0.497 e. The van der Waals surface area contributed by atoms with Crippen molar-refractivity contribution in [3.05, 3.63) is 53.6 Å². The molecule has 0 bridgehead atoms. The monoisotopic (exact) mass is 329 g/mol. The Hall–Kier alpha value is -2.20. The van der Waals surface area contributed by atoms with E-state index in [2.05, 4.69) is 36.5 Å². The molecule has 0 spiro atoms. The maximum Gasteiger partial charge on any atom is 0.161 e. The highest BCUT2D eigenvalue weighted by Crippen LogP contribution is 2.28. The van der Waals surface area contributed by atoms with Crippen LogP contribution in [0.3, 0.4) is 0 Å². The van der Waals surface area contributed by atoms with E-state index < -0.39 is 0 Å². The number of hydrogen-bond acceptors (Lipinski definition) is 4. The first-order valence-corrected chi connectivity index (χ1v) is 8.40. The molecule has 0 saturated heterocycles. The van der Waals surface area contributed by atoms with Gasteiger partial charge in [-0.25, -0.2) is 0 Å². The minimum atomic E-state index is 0.718. The number of ether oxygens (including phenoxy) is 3. The number of methoxy groups -OCH3 is 2. The Morgan fingerprint density at radius 1 is 0.833 bits per heavy atom. The molecule has 130 valence electrons. The van der Waals surface area contributed by atoms with E-state index in [0.717, 1.165) is 49.8 Å². The molecule has 0 unspecified atom stereocenters. The van der Waals surface area contributed by atoms with Gasteiger partial charge in [0.15, 0.2) is 11.5 Å². The van der Waals surface area contributed by atoms with Crippen molar-refractivity contribution in [2.45, 2.75) is 32.9 Å². The Labute approximate surface area is 144 Å². The van der Waals surface area contributed by atoms with Crippen molar-refractivity contribution in [1.29, 1.82) is 0 Å². The predicted octanol–water partition coefficient (Wildman–Crippen LogP) is 4.17. The summed E-state index contributed by atoms with van der Waals surface area (Å²) in [6, 6.07) is 14.2. The first kappa shape index (κ1) is 18.1. The normalized spacial score (nSPS) is 10.5. The average molecular weight is 329 g/mol. The standard InChI is InChI=1S/C20H27NO3/c1-4-5-12-24-20-13-17(8-11-19(20)23-3)15-21-14-16-6-9-18(22-2)10-7-16/h6-11,13,21H,4-5,12,14-15H2,1-3H3. The fraction of sp³-hybridized carbons (Fsp3) is 0.400. The van der Waals surface area contributed by atoms with Crippen molar-refractivity contribution in [2.75, 3.05) is 20.8 Å². The zero-order valence-electron chi connectivity index (χ0n) is 14.8. The van der Waals surface area contributed by atoms with Crippen molar-refractivity contribution >= 4 is 0 Å². The van der Waals surface area contributed by atoms with Crippen LogP contribution in [0, 0.1) is 0 Å². The topological polar surface area (TPSA) is 39.7 Å². The van der Waals surface area contributed by atoms with Crippen LogP contribution in [0.15, 0.2) is 42.5 Å². The number of nitrogens with one attached hydrogen (secondary N) is 1. The molecule has 0 radical (unpaired) electrons. The lowest BCUT2D eigenvalue weighted by molar-refractivity contribution is 0.288. The molecule has 0 heterocycles. The van der Waals surface area contributed by atoms with Crippen LogP contribution in [0.2, 0.25) is 0 Å². The summed E-state index contributed by atoms with van der Waals surface area (Å²) in [7, 11) is 3.35. The Morgan fingerprint density at radius 3 is 2.21 bits per heavy atom. The van der Waals surface area contributed by atoms with Gasteiger partial charge in [-0.05, 0) is 41.8 Å².